The molecule has 0 bridgehead atoms. The summed E-state index contributed by atoms with van der Waals surface area (Å²) in [7, 11) is 0. The van der Waals surface area contributed by atoms with Crippen LogP contribution in [0.25, 0.3) is 0 Å². The molecule has 1 aromatic rings. The molecule has 0 saturated carbocycles. The minimum atomic E-state index is -0.0980. The number of hydrogen-bond donors (Lipinski definition) is 0. The second-order valence-electron chi connectivity index (χ2n) is 6.47. The third-order valence-corrected chi connectivity index (χ3v) is 3.52. The molecule has 1 heterocycles. The third-order valence-electron chi connectivity index (χ3n) is 3.52. The van der Waals surface area contributed by atoms with E-state index in [2.05, 4.69) is 58.6 Å². The molecule has 96 valence electrons. The summed E-state index contributed by atoms with van der Waals surface area (Å²) in [6, 6.07) is 4.31. The van der Waals surface area contributed by atoms with Gasteiger partial charge < -0.3 is 4.74 Å². The van der Waals surface area contributed by atoms with Crippen LogP contribution in [0.4, 0.5) is 0 Å². The highest BCUT2D eigenvalue weighted by molar-refractivity contribution is 5.53. The van der Waals surface area contributed by atoms with Gasteiger partial charge >= 0.3 is 0 Å². The molecule has 1 nitrogen and oxygen atoms in total. The van der Waals surface area contributed by atoms with E-state index in [0.29, 0.717) is 0 Å². The number of benzene rings is 1. The summed E-state index contributed by atoms with van der Waals surface area (Å²) in [6.07, 6.45) is 1.02. The second-order valence-corrected chi connectivity index (χ2v) is 6.47. The van der Waals surface area contributed by atoms with Crippen molar-refractivity contribution in [3.63, 3.8) is 0 Å². The average molecular weight is 242 g/mol. The normalized spacial score (nSPS) is 19.2. The number of ether oxygens (including phenoxy) is 1. The van der Waals surface area contributed by atoms with Gasteiger partial charge in [-0.05, 0) is 57.2 Å². The molecule has 1 aromatic carbocycles. The molecule has 1 aliphatic rings. The van der Waals surface area contributed by atoms with Gasteiger partial charge in [0.1, 0.15) is 11.4 Å². The van der Waals surface area contributed by atoms with Gasteiger partial charge in [0.25, 0.3) is 0 Å². The van der Waals surface area contributed by atoms with E-state index in [1.807, 2.05) is 6.92 Å². The molecular formula is C17H22O. The fraction of sp³-hybridized carbons (Fsp3) is 0.529. The maximum atomic E-state index is 6.17. The lowest BCUT2D eigenvalue weighted by Crippen LogP contribution is -2.41. The van der Waals surface area contributed by atoms with Gasteiger partial charge in [0.15, 0.2) is 0 Å². The van der Waals surface area contributed by atoms with Gasteiger partial charge in [0.2, 0.25) is 0 Å². The zero-order valence-electron chi connectivity index (χ0n) is 12.3. The quantitative estimate of drug-likeness (QED) is 0.619. The van der Waals surface area contributed by atoms with Gasteiger partial charge in [-0.15, -0.1) is 5.92 Å². The fourth-order valence-corrected chi connectivity index (χ4v) is 3.10. The first kappa shape index (κ1) is 13.0. The zero-order chi connectivity index (χ0) is 13.6. The summed E-state index contributed by atoms with van der Waals surface area (Å²) in [6.45, 7) is 12.9. The number of rotatable bonds is 0. The number of fused-ring (bicyclic) bond motifs is 1. The first-order valence-electron chi connectivity index (χ1n) is 6.52. The molecule has 0 radical (unpaired) electrons. The van der Waals surface area contributed by atoms with Gasteiger partial charge in [-0.3, -0.25) is 0 Å². The highest BCUT2D eigenvalue weighted by Gasteiger charge is 2.39. The lowest BCUT2D eigenvalue weighted by Gasteiger charge is -2.43. The van der Waals surface area contributed by atoms with Crippen molar-refractivity contribution < 1.29 is 4.74 Å². The van der Waals surface area contributed by atoms with Gasteiger partial charge in [-0.2, -0.15) is 0 Å². The van der Waals surface area contributed by atoms with E-state index in [0.717, 1.165) is 17.7 Å². The van der Waals surface area contributed by atoms with E-state index >= 15 is 0 Å². The average Bonchev–Trinajstić information content (AvgIpc) is 2.18. The Kier molecular flexibility index (Phi) is 2.93. The second kappa shape index (κ2) is 4.05. The van der Waals surface area contributed by atoms with Crippen LogP contribution in [0.3, 0.4) is 0 Å². The molecule has 18 heavy (non-hydrogen) atoms. The summed E-state index contributed by atoms with van der Waals surface area (Å²) < 4.78 is 6.17. The summed E-state index contributed by atoms with van der Waals surface area (Å²) in [4.78, 5) is 0. The predicted molar refractivity (Wildman–Crippen MR) is 76.1 cm³/mol. The molecule has 0 aliphatic carbocycles. The van der Waals surface area contributed by atoms with Crippen LogP contribution in [-0.4, -0.2) is 5.60 Å². The van der Waals surface area contributed by atoms with Crippen molar-refractivity contribution in [3.05, 3.63) is 28.8 Å². The lowest BCUT2D eigenvalue weighted by molar-refractivity contribution is 0.0525. The Balaban J connectivity index is 2.64. The van der Waals surface area contributed by atoms with Crippen molar-refractivity contribution in [2.24, 2.45) is 0 Å². The predicted octanol–water partition coefficient (Wildman–Crippen LogP) is 4.21. The molecule has 0 spiro atoms. The highest BCUT2D eigenvalue weighted by Crippen LogP contribution is 2.46. The minimum absolute atomic E-state index is 0.0980. The minimum Gasteiger partial charge on any atom is -0.487 e. The standard InChI is InChI=1S/C17H22O/c1-7-8-13-9-12(2)15-14(10-13)16(3,4)11-17(5,6)18-15/h9-10H,11H2,1-6H3. The Bertz CT molecular complexity index is 539. The smallest absolute Gasteiger partial charge is 0.126 e. The van der Waals surface area contributed by atoms with Crippen molar-refractivity contribution in [3.8, 4) is 17.6 Å². The molecular weight excluding hydrogens is 220 g/mol. The zero-order valence-corrected chi connectivity index (χ0v) is 12.3. The Labute approximate surface area is 111 Å². The largest absolute Gasteiger partial charge is 0.487 e. The van der Waals surface area contributed by atoms with Crippen LogP contribution >= 0.6 is 0 Å². The van der Waals surface area contributed by atoms with Crippen LogP contribution in [0.5, 0.6) is 5.75 Å². The molecule has 0 saturated heterocycles. The van der Waals surface area contributed by atoms with E-state index in [1.165, 1.54) is 11.1 Å². The van der Waals surface area contributed by atoms with E-state index in [4.69, 9.17) is 4.74 Å². The van der Waals surface area contributed by atoms with Crippen LogP contribution in [-0.2, 0) is 5.41 Å². The van der Waals surface area contributed by atoms with Crippen molar-refractivity contribution in [1.82, 2.24) is 0 Å². The SMILES string of the molecule is CC#Cc1cc(C)c2c(c1)C(C)(C)CC(C)(C)O2. The van der Waals surface area contributed by atoms with E-state index in [9.17, 15) is 0 Å². The maximum Gasteiger partial charge on any atom is 0.126 e. The van der Waals surface area contributed by atoms with Gasteiger partial charge in [-0.1, -0.05) is 19.8 Å². The van der Waals surface area contributed by atoms with Crippen LogP contribution in [0.1, 0.15) is 57.7 Å². The van der Waals surface area contributed by atoms with Crippen molar-refractivity contribution >= 4 is 0 Å². The van der Waals surface area contributed by atoms with Crippen molar-refractivity contribution in [2.45, 2.75) is 59.0 Å². The molecule has 0 aromatic heterocycles. The Morgan fingerprint density at radius 1 is 1.17 bits per heavy atom. The molecule has 0 unspecified atom stereocenters. The Morgan fingerprint density at radius 2 is 1.83 bits per heavy atom. The molecule has 2 rings (SSSR count). The maximum absolute atomic E-state index is 6.17. The van der Waals surface area contributed by atoms with E-state index in [1.54, 1.807) is 0 Å². The third kappa shape index (κ3) is 2.25. The first-order valence-corrected chi connectivity index (χ1v) is 6.52. The Hall–Kier alpha value is -1.42. The van der Waals surface area contributed by atoms with Crippen molar-refractivity contribution in [2.75, 3.05) is 0 Å². The molecule has 0 N–H and O–H groups in total. The first-order chi connectivity index (χ1) is 8.25. The van der Waals surface area contributed by atoms with Gasteiger partial charge in [0.05, 0.1) is 0 Å². The topological polar surface area (TPSA) is 9.23 Å². The van der Waals surface area contributed by atoms with E-state index < -0.39 is 0 Å². The van der Waals surface area contributed by atoms with Crippen LogP contribution in [0.15, 0.2) is 12.1 Å². The summed E-state index contributed by atoms with van der Waals surface area (Å²) in [5.74, 6) is 7.18. The molecule has 0 fully saturated rings. The van der Waals surface area contributed by atoms with E-state index in [-0.39, 0.29) is 11.0 Å². The van der Waals surface area contributed by atoms with Crippen LogP contribution < -0.4 is 4.74 Å². The van der Waals surface area contributed by atoms with Crippen molar-refractivity contribution in [1.29, 1.82) is 0 Å². The summed E-state index contributed by atoms with van der Waals surface area (Å²) >= 11 is 0. The summed E-state index contributed by atoms with van der Waals surface area (Å²) in [5, 5.41) is 0. The summed E-state index contributed by atoms with van der Waals surface area (Å²) in [5.41, 5.74) is 3.60. The Morgan fingerprint density at radius 3 is 2.44 bits per heavy atom. The number of aryl methyl sites for hydroxylation is 1. The lowest BCUT2D eigenvalue weighted by atomic mass is 9.73. The highest BCUT2D eigenvalue weighted by atomic mass is 16.5. The molecule has 1 heteroatoms. The molecule has 0 amide bonds. The number of hydrogen-bond acceptors (Lipinski definition) is 1. The van der Waals surface area contributed by atoms with Crippen LogP contribution in [0, 0.1) is 18.8 Å². The van der Waals surface area contributed by atoms with Crippen LogP contribution in [0.2, 0.25) is 0 Å². The molecule has 1 aliphatic heterocycles. The fourth-order valence-electron chi connectivity index (χ4n) is 3.10. The van der Waals surface area contributed by atoms with Gasteiger partial charge in [0, 0.05) is 11.1 Å². The van der Waals surface area contributed by atoms with Gasteiger partial charge in [-0.25, -0.2) is 0 Å². The monoisotopic (exact) mass is 242 g/mol. The molecule has 0 atom stereocenters.